The van der Waals surface area contributed by atoms with Crippen molar-refractivity contribution in [3.05, 3.63) is 71.9 Å². The van der Waals surface area contributed by atoms with Crippen LogP contribution in [0.2, 0.25) is 0 Å². The Kier molecular flexibility index (Phi) is 6.20. The van der Waals surface area contributed by atoms with E-state index in [0.29, 0.717) is 40.1 Å². The zero-order chi connectivity index (χ0) is 25.2. The van der Waals surface area contributed by atoms with Crippen molar-refractivity contribution in [2.24, 2.45) is 0 Å². The number of aromatic nitrogens is 3. The van der Waals surface area contributed by atoms with Gasteiger partial charge in [0.1, 0.15) is 11.5 Å². The number of nitrogens with one attached hydrogen (secondary N) is 1. The fourth-order valence-electron chi connectivity index (χ4n) is 4.55. The van der Waals surface area contributed by atoms with E-state index in [2.05, 4.69) is 21.7 Å². The number of esters is 1. The largest absolute Gasteiger partial charge is 0.465 e. The van der Waals surface area contributed by atoms with Crippen molar-refractivity contribution in [1.82, 2.24) is 15.0 Å². The molecule has 1 saturated heterocycles. The highest BCUT2D eigenvalue weighted by Gasteiger charge is 2.28. The first kappa shape index (κ1) is 23.2. The molecule has 2 aromatic heterocycles. The lowest BCUT2D eigenvalue weighted by atomic mass is 10.0. The van der Waals surface area contributed by atoms with E-state index in [-0.39, 0.29) is 6.04 Å². The number of fused-ring (bicyclic) bond motifs is 1. The Hall–Kier alpha value is -4.53. The van der Waals surface area contributed by atoms with Gasteiger partial charge in [0.05, 0.1) is 23.7 Å². The Morgan fingerprint density at radius 3 is 2.69 bits per heavy atom. The summed E-state index contributed by atoms with van der Waals surface area (Å²) in [6.07, 6.45) is 3.05. The van der Waals surface area contributed by atoms with Crippen LogP contribution in [0.25, 0.3) is 22.3 Å². The molecule has 3 N–H and O–H groups in total. The number of methoxy groups -OCH3 is 1. The lowest BCUT2D eigenvalue weighted by molar-refractivity contribution is 0.0601. The van der Waals surface area contributed by atoms with Crippen LogP contribution in [0.3, 0.4) is 0 Å². The normalized spacial score (nSPS) is 15.7. The third-order valence-corrected chi connectivity index (χ3v) is 6.46. The maximum Gasteiger partial charge on any atom is 0.337 e. The van der Waals surface area contributed by atoms with Gasteiger partial charge < -0.3 is 25.7 Å². The number of carbonyl (C=O) groups is 1. The number of hydrogen-bond donors (Lipinski definition) is 2. The minimum absolute atomic E-state index is 0.117. The van der Waals surface area contributed by atoms with Crippen molar-refractivity contribution in [2.75, 3.05) is 42.3 Å². The van der Waals surface area contributed by atoms with Crippen LogP contribution in [-0.4, -0.2) is 59.9 Å². The molecule has 5 rings (SSSR count). The second-order valence-electron chi connectivity index (χ2n) is 8.76. The maximum absolute atomic E-state index is 12.1. The van der Waals surface area contributed by atoms with Gasteiger partial charge in [-0.2, -0.15) is 0 Å². The molecule has 1 fully saturated rings. The van der Waals surface area contributed by atoms with E-state index < -0.39 is 5.97 Å². The Bertz CT molecular complexity index is 1440. The fraction of sp³-hybridized carbons (Fsp3) is 0.222. The molecule has 9 nitrogen and oxygen atoms in total. The van der Waals surface area contributed by atoms with Crippen LogP contribution in [0.4, 0.5) is 17.3 Å². The number of carbonyl (C=O) groups excluding carboxylic acids is 1. The average molecular weight is 482 g/mol. The van der Waals surface area contributed by atoms with E-state index in [1.807, 2.05) is 30.3 Å². The van der Waals surface area contributed by atoms with Crippen molar-refractivity contribution in [1.29, 1.82) is 5.41 Å². The van der Waals surface area contributed by atoms with Crippen molar-refractivity contribution in [3.8, 4) is 11.3 Å². The van der Waals surface area contributed by atoms with Crippen LogP contribution in [0.15, 0.2) is 60.8 Å². The summed E-state index contributed by atoms with van der Waals surface area (Å²) in [6.45, 7) is 4.41. The number of ether oxygens (including phenoxy) is 1. The highest BCUT2D eigenvalue weighted by atomic mass is 16.5. The molecule has 36 heavy (non-hydrogen) atoms. The lowest BCUT2D eigenvalue weighted by Crippen LogP contribution is -2.52. The van der Waals surface area contributed by atoms with Gasteiger partial charge in [-0.25, -0.2) is 19.7 Å². The second kappa shape index (κ2) is 9.61. The molecule has 4 aromatic rings. The summed E-state index contributed by atoms with van der Waals surface area (Å²) in [6, 6.07) is 16.8. The number of hydrogen-bond acceptors (Lipinski definition) is 9. The SMILES string of the molecule is COC(=O)c1ccc2nc(-c3ccc(N)c(C=N)c3)c(N3CCN(c4ccccn4)C[C@@H]3C)nc2c1. The first-order valence-electron chi connectivity index (χ1n) is 11.7. The van der Waals surface area contributed by atoms with Crippen LogP contribution in [-0.2, 0) is 4.74 Å². The lowest BCUT2D eigenvalue weighted by Gasteiger charge is -2.41. The van der Waals surface area contributed by atoms with Gasteiger partial charge >= 0.3 is 5.97 Å². The van der Waals surface area contributed by atoms with Gasteiger partial charge in [0.25, 0.3) is 0 Å². The van der Waals surface area contributed by atoms with Gasteiger partial charge in [-0.15, -0.1) is 0 Å². The van der Waals surface area contributed by atoms with Crippen molar-refractivity contribution < 1.29 is 9.53 Å². The minimum atomic E-state index is -0.421. The Morgan fingerprint density at radius 2 is 1.97 bits per heavy atom. The zero-order valence-corrected chi connectivity index (χ0v) is 20.2. The summed E-state index contributed by atoms with van der Waals surface area (Å²) in [7, 11) is 1.36. The van der Waals surface area contributed by atoms with Crippen LogP contribution in [0, 0.1) is 5.41 Å². The minimum Gasteiger partial charge on any atom is -0.465 e. The highest BCUT2D eigenvalue weighted by molar-refractivity contribution is 5.95. The number of piperazine rings is 1. The van der Waals surface area contributed by atoms with E-state index in [9.17, 15) is 4.79 Å². The van der Waals surface area contributed by atoms with Crippen LogP contribution >= 0.6 is 0 Å². The number of benzene rings is 2. The van der Waals surface area contributed by atoms with Crippen LogP contribution < -0.4 is 15.5 Å². The molecule has 3 heterocycles. The van der Waals surface area contributed by atoms with Crippen molar-refractivity contribution in [2.45, 2.75) is 13.0 Å². The number of nitrogen functional groups attached to an aromatic ring is 1. The molecule has 0 radical (unpaired) electrons. The molecular formula is C27H27N7O2. The van der Waals surface area contributed by atoms with Crippen LogP contribution in [0.5, 0.6) is 0 Å². The average Bonchev–Trinajstić information content (AvgIpc) is 2.92. The molecule has 0 amide bonds. The van der Waals surface area contributed by atoms with E-state index in [1.165, 1.54) is 13.3 Å². The Balaban J connectivity index is 1.61. The number of pyridine rings is 1. The van der Waals surface area contributed by atoms with E-state index in [1.54, 1.807) is 30.5 Å². The summed E-state index contributed by atoms with van der Waals surface area (Å²) in [5.74, 6) is 1.25. The predicted octanol–water partition coefficient (Wildman–Crippen LogP) is 3.77. The van der Waals surface area contributed by atoms with Crippen LogP contribution in [0.1, 0.15) is 22.8 Å². The molecule has 1 aliphatic rings. The molecule has 0 aliphatic carbocycles. The van der Waals surface area contributed by atoms with Gasteiger partial charge in [0.2, 0.25) is 0 Å². The molecule has 1 aliphatic heterocycles. The van der Waals surface area contributed by atoms with Gasteiger partial charge in [0.15, 0.2) is 5.82 Å². The molecule has 0 saturated carbocycles. The van der Waals surface area contributed by atoms with E-state index in [4.69, 9.17) is 25.8 Å². The smallest absolute Gasteiger partial charge is 0.337 e. The fourth-order valence-corrected chi connectivity index (χ4v) is 4.55. The number of nitrogens with zero attached hydrogens (tertiary/aromatic N) is 5. The third kappa shape index (κ3) is 4.31. The molecule has 9 heteroatoms. The first-order valence-corrected chi connectivity index (χ1v) is 11.7. The summed E-state index contributed by atoms with van der Waals surface area (Å²) < 4.78 is 4.89. The van der Waals surface area contributed by atoms with Crippen molar-refractivity contribution >= 4 is 40.5 Å². The quantitative estimate of drug-likeness (QED) is 0.251. The van der Waals surface area contributed by atoms with Gasteiger partial charge in [-0.05, 0) is 49.4 Å². The third-order valence-electron chi connectivity index (χ3n) is 6.46. The molecular weight excluding hydrogens is 454 g/mol. The number of rotatable bonds is 5. The first-order chi connectivity index (χ1) is 17.5. The second-order valence-corrected chi connectivity index (χ2v) is 8.76. The number of nitrogens with two attached hydrogens (primary N) is 1. The van der Waals surface area contributed by atoms with E-state index in [0.717, 1.165) is 30.3 Å². The molecule has 1 atom stereocenters. The molecule has 2 aromatic carbocycles. The summed E-state index contributed by atoms with van der Waals surface area (Å²) >= 11 is 0. The molecule has 0 bridgehead atoms. The standard InChI is InChI=1S/C27H27N7O2/c1-17-16-33(24-5-3-4-10-30-24)11-12-34(17)26-25(18-6-8-21(29)20(13-18)15-28)31-22-9-7-19(27(35)36-2)14-23(22)32-26/h3-10,13-15,17,28H,11-12,16,29H2,1-2H3/t17-/m0/s1. The van der Waals surface area contributed by atoms with Gasteiger partial charge in [-0.1, -0.05) is 12.1 Å². The molecule has 182 valence electrons. The Labute approximate surface area is 209 Å². The summed E-state index contributed by atoms with van der Waals surface area (Å²) in [5, 5.41) is 7.74. The molecule has 0 spiro atoms. The zero-order valence-electron chi connectivity index (χ0n) is 20.2. The Morgan fingerprint density at radius 1 is 1.11 bits per heavy atom. The summed E-state index contributed by atoms with van der Waals surface area (Å²) in [4.78, 5) is 31.1. The topological polar surface area (TPSA) is 121 Å². The monoisotopic (exact) mass is 481 g/mol. The van der Waals surface area contributed by atoms with Crippen molar-refractivity contribution in [3.63, 3.8) is 0 Å². The molecule has 0 unspecified atom stereocenters. The highest BCUT2D eigenvalue weighted by Crippen LogP contribution is 2.34. The van der Waals surface area contributed by atoms with Gasteiger partial charge in [0, 0.05) is 54.9 Å². The van der Waals surface area contributed by atoms with Gasteiger partial charge in [-0.3, -0.25) is 0 Å². The summed E-state index contributed by atoms with van der Waals surface area (Å²) in [5.41, 5.74) is 10.4. The predicted molar refractivity (Wildman–Crippen MR) is 142 cm³/mol. The number of anilines is 3. The maximum atomic E-state index is 12.1. The van der Waals surface area contributed by atoms with E-state index >= 15 is 0 Å².